The Morgan fingerprint density at radius 2 is 1.42 bits per heavy atom. The molecule has 12 N–H and O–H groups in total. The molecule has 5 rings (SSSR count). The first kappa shape index (κ1) is 48.0. The highest BCUT2D eigenvalue weighted by atomic mass is 16.2. The van der Waals surface area contributed by atoms with Crippen LogP contribution in [0.15, 0.2) is 82.6 Å². The molecule has 1 saturated heterocycles. The number of benzene rings is 2. The smallest absolute Gasteiger partial charge is 0.243 e. The molecule has 0 unspecified atom stereocenters. The van der Waals surface area contributed by atoms with E-state index in [0.717, 1.165) is 16.5 Å². The SMILES string of the molecule is CC(=O)N[C@H]1CCC(=O)NCCC[C@@H](C)NC(=O)[C@H](Cc2c[nH]c3ccccc23)NC(=O)[C@H](CCCN=C(N)N)NC(=O)[C@@H](Cc2ccccc2)NC(=O)[C@H](CC2=CCC=N2)NC1=O. The Bertz CT molecular complexity index is 2220. The van der Waals surface area contributed by atoms with Crippen molar-refractivity contribution in [2.45, 2.75) is 114 Å². The van der Waals surface area contributed by atoms with E-state index in [1.807, 2.05) is 31.2 Å². The molecule has 0 bridgehead atoms. The van der Waals surface area contributed by atoms with Gasteiger partial charge in [0.2, 0.25) is 41.4 Å². The zero-order valence-electron chi connectivity index (χ0n) is 36.3. The zero-order valence-corrected chi connectivity index (χ0v) is 36.3. The number of nitrogens with one attached hydrogen (secondary N) is 8. The van der Waals surface area contributed by atoms with Gasteiger partial charge in [0, 0.05) is 87.2 Å². The second-order valence-electron chi connectivity index (χ2n) is 16.1. The molecule has 342 valence electrons. The monoisotopic (exact) mass is 880 g/mol. The molecule has 19 nitrogen and oxygen atoms in total. The van der Waals surface area contributed by atoms with E-state index in [-0.39, 0.29) is 75.9 Å². The van der Waals surface area contributed by atoms with Crippen LogP contribution in [-0.2, 0) is 46.4 Å². The molecule has 7 amide bonds. The van der Waals surface area contributed by atoms with Crippen LogP contribution in [0, 0.1) is 0 Å². The number of nitrogens with two attached hydrogens (primary N) is 2. The third-order valence-corrected chi connectivity index (χ3v) is 10.9. The van der Waals surface area contributed by atoms with E-state index in [1.54, 1.807) is 48.8 Å². The van der Waals surface area contributed by atoms with Gasteiger partial charge < -0.3 is 53.7 Å². The molecule has 19 heteroatoms. The van der Waals surface area contributed by atoms with Gasteiger partial charge in [0.1, 0.15) is 30.2 Å². The van der Waals surface area contributed by atoms with Crippen molar-refractivity contribution in [3.8, 4) is 0 Å². The summed E-state index contributed by atoms with van der Waals surface area (Å²) < 4.78 is 0. The van der Waals surface area contributed by atoms with Crippen LogP contribution >= 0.6 is 0 Å². The topological polar surface area (TPSA) is 296 Å². The number of aliphatic imine (C=N–C) groups is 2. The van der Waals surface area contributed by atoms with E-state index >= 15 is 0 Å². The van der Waals surface area contributed by atoms with Gasteiger partial charge in [-0.2, -0.15) is 0 Å². The predicted octanol–water partition coefficient (Wildman–Crippen LogP) is 0.394. The second kappa shape index (κ2) is 24.0. The van der Waals surface area contributed by atoms with Crippen molar-refractivity contribution in [3.05, 3.63) is 83.7 Å². The van der Waals surface area contributed by atoms with Gasteiger partial charge in [0.15, 0.2) is 5.96 Å². The standard InChI is InChI=1S/C45H60N12O7/c1-27-11-8-21-49-39(59)19-18-35(53-28(2)58)41(61)57-38(25-31-14-9-20-48-31)44(64)55-36(23-29-12-4-3-5-13-29)43(63)54-34(17-10-22-50-45(46)47)40(60)56-37(42(62)52-27)24-30-26-51-33-16-7-6-15-32(30)33/h3-7,12-16,20,26-27,34-38,51H,8-11,17-19,21-25H2,1-2H3,(H,49,59)(H,52,62)(H,53,58)(H,54,63)(H,55,64)(H,56,60)(H,57,61)(H4,46,47,50)/t27-,34+,35+,36-,37+,38+/m1/s1. The van der Waals surface area contributed by atoms with Gasteiger partial charge in [-0.15, -0.1) is 0 Å². The molecular weight excluding hydrogens is 821 g/mol. The minimum atomic E-state index is -1.27. The first-order chi connectivity index (χ1) is 30.7. The quantitative estimate of drug-likeness (QED) is 0.0723. The summed E-state index contributed by atoms with van der Waals surface area (Å²) in [6.07, 6.45) is 6.93. The molecule has 2 aliphatic heterocycles. The van der Waals surface area contributed by atoms with Crippen molar-refractivity contribution in [2.24, 2.45) is 21.5 Å². The van der Waals surface area contributed by atoms with E-state index in [0.29, 0.717) is 30.5 Å². The van der Waals surface area contributed by atoms with Crippen molar-refractivity contribution < 1.29 is 33.6 Å². The number of carbonyl (C=O) groups excluding carboxylic acids is 7. The Morgan fingerprint density at radius 3 is 2.12 bits per heavy atom. The summed E-state index contributed by atoms with van der Waals surface area (Å²) in [6.45, 7) is 3.47. The first-order valence-electron chi connectivity index (χ1n) is 21.7. The normalized spacial score (nSPS) is 23.4. The van der Waals surface area contributed by atoms with Gasteiger partial charge in [-0.3, -0.25) is 43.5 Å². The number of carbonyl (C=O) groups is 7. The lowest BCUT2D eigenvalue weighted by molar-refractivity contribution is -0.135. The Kier molecular flexibility index (Phi) is 18.0. The number of aromatic nitrogens is 1. The van der Waals surface area contributed by atoms with E-state index in [2.05, 4.69) is 52.2 Å². The zero-order chi connectivity index (χ0) is 46.0. The molecule has 0 spiro atoms. The highest BCUT2D eigenvalue weighted by Gasteiger charge is 2.34. The maximum atomic E-state index is 14.5. The largest absolute Gasteiger partial charge is 0.370 e. The van der Waals surface area contributed by atoms with Crippen molar-refractivity contribution >= 4 is 64.4 Å². The van der Waals surface area contributed by atoms with Gasteiger partial charge >= 0.3 is 0 Å². The Balaban J connectivity index is 1.50. The minimum Gasteiger partial charge on any atom is -0.370 e. The summed E-state index contributed by atoms with van der Waals surface area (Å²) in [4.78, 5) is 108. The average Bonchev–Trinajstić information content (AvgIpc) is 3.94. The summed E-state index contributed by atoms with van der Waals surface area (Å²) >= 11 is 0. The van der Waals surface area contributed by atoms with Gasteiger partial charge in [-0.1, -0.05) is 54.6 Å². The fraction of sp³-hybridized carbons (Fsp3) is 0.444. The second-order valence-corrected chi connectivity index (χ2v) is 16.1. The highest BCUT2D eigenvalue weighted by Crippen LogP contribution is 2.20. The van der Waals surface area contributed by atoms with Gasteiger partial charge in [0.05, 0.1) is 0 Å². The van der Waals surface area contributed by atoms with E-state index in [9.17, 15) is 33.6 Å². The van der Waals surface area contributed by atoms with Crippen molar-refractivity contribution in [1.29, 1.82) is 0 Å². The van der Waals surface area contributed by atoms with Crippen LogP contribution in [0.3, 0.4) is 0 Å². The lowest BCUT2D eigenvalue weighted by Crippen LogP contribution is -2.60. The van der Waals surface area contributed by atoms with Crippen LogP contribution in [0.4, 0.5) is 0 Å². The summed E-state index contributed by atoms with van der Waals surface area (Å²) in [6, 6.07) is 10.1. The van der Waals surface area contributed by atoms with E-state index in [4.69, 9.17) is 11.5 Å². The van der Waals surface area contributed by atoms with Crippen LogP contribution in [0.1, 0.15) is 76.3 Å². The summed E-state index contributed by atoms with van der Waals surface area (Å²) in [5.74, 6) is -4.29. The molecule has 3 aromatic rings. The molecule has 2 aromatic carbocycles. The Labute approximate surface area is 371 Å². The van der Waals surface area contributed by atoms with Gasteiger partial charge in [0.25, 0.3) is 0 Å². The molecule has 0 saturated carbocycles. The number of hydrogen-bond donors (Lipinski definition) is 10. The maximum Gasteiger partial charge on any atom is 0.243 e. The number of fused-ring (bicyclic) bond motifs is 1. The molecule has 2 aliphatic rings. The van der Waals surface area contributed by atoms with Crippen LogP contribution in [0.2, 0.25) is 0 Å². The van der Waals surface area contributed by atoms with E-state index in [1.165, 1.54) is 6.92 Å². The number of hydrogen-bond acceptors (Lipinski definition) is 9. The van der Waals surface area contributed by atoms with Crippen molar-refractivity contribution in [2.75, 3.05) is 13.1 Å². The van der Waals surface area contributed by atoms with Gasteiger partial charge in [-0.05, 0) is 56.2 Å². The number of rotatable bonds is 11. The van der Waals surface area contributed by atoms with Gasteiger partial charge in [-0.25, -0.2) is 0 Å². The molecular formula is C45H60N12O7. The molecule has 1 aromatic heterocycles. The first-order valence-corrected chi connectivity index (χ1v) is 21.7. The number of guanidine groups is 1. The van der Waals surface area contributed by atoms with Crippen LogP contribution < -0.4 is 48.7 Å². The van der Waals surface area contributed by atoms with Crippen molar-refractivity contribution in [1.82, 2.24) is 42.2 Å². The average molecular weight is 881 g/mol. The number of para-hydroxylation sites is 1. The molecule has 1 fully saturated rings. The number of allylic oxidation sites excluding steroid dienone is 1. The highest BCUT2D eigenvalue weighted by molar-refractivity contribution is 5.97. The lowest BCUT2D eigenvalue weighted by Gasteiger charge is -2.27. The molecule has 6 atom stereocenters. The summed E-state index contributed by atoms with van der Waals surface area (Å²) in [5, 5.41) is 20.5. The molecule has 0 aliphatic carbocycles. The number of H-pyrrole nitrogens is 1. The predicted molar refractivity (Wildman–Crippen MR) is 242 cm³/mol. The number of aromatic amines is 1. The fourth-order valence-electron chi connectivity index (χ4n) is 7.55. The van der Waals surface area contributed by atoms with Crippen LogP contribution in [-0.4, -0.2) is 108 Å². The number of nitrogens with zero attached hydrogens (tertiary/aromatic N) is 2. The third-order valence-electron chi connectivity index (χ3n) is 10.9. The van der Waals surface area contributed by atoms with Crippen molar-refractivity contribution in [3.63, 3.8) is 0 Å². The fourth-order valence-corrected chi connectivity index (χ4v) is 7.55. The molecule has 0 radical (unpaired) electrons. The molecule has 3 heterocycles. The van der Waals surface area contributed by atoms with E-state index < -0.39 is 65.7 Å². The minimum absolute atomic E-state index is 0.00458. The maximum absolute atomic E-state index is 14.5. The lowest BCUT2D eigenvalue weighted by atomic mass is 10.0. The summed E-state index contributed by atoms with van der Waals surface area (Å²) in [5.41, 5.74) is 14.0. The Hall–Kier alpha value is -7.05. The number of amides is 7. The van der Waals surface area contributed by atoms with Crippen LogP contribution in [0.25, 0.3) is 10.9 Å². The van der Waals surface area contributed by atoms with Crippen LogP contribution in [0.5, 0.6) is 0 Å². The summed E-state index contributed by atoms with van der Waals surface area (Å²) in [7, 11) is 0. The molecule has 64 heavy (non-hydrogen) atoms. The Morgan fingerprint density at radius 1 is 0.781 bits per heavy atom. The third kappa shape index (κ3) is 15.1.